The van der Waals surface area contributed by atoms with Crippen molar-refractivity contribution < 1.29 is 4.42 Å². The smallest absolute Gasteiger partial charge is 0.180 e. The molecule has 0 saturated heterocycles. The summed E-state index contributed by atoms with van der Waals surface area (Å²) >= 11 is 0. The number of para-hydroxylation sites is 1. The number of rotatable bonds is 8. The lowest BCUT2D eigenvalue weighted by molar-refractivity contribution is 0.667. The molecule has 0 aliphatic heterocycles. The summed E-state index contributed by atoms with van der Waals surface area (Å²) in [7, 11) is 0. The van der Waals surface area contributed by atoms with Crippen LogP contribution < -0.4 is 0 Å². The maximum Gasteiger partial charge on any atom is 0.180 e. The van der Waals surface area contributed by atoms with Crippen LogP contribution in [0.4, 0.5) is 0 Å². The van der Waals surface area contributed by atoms with Crippen LogP contribution >= 0.6 is 0 Å². The van der Waals surface area contributed by atoms with Gasteiger partial charge < -0.3 is 4.42 Å². The molecule has 286 valence electrons. The Hall–Kier alpha value is -8.14. The van der Waals surface area contributed by atoms with Gasteiger partial charge in [-0.2, -0.15) is 0 Å². The van der Waals surface area contributed by atoms with Crippen molar-refractivity contribution in [2.45, 2.75) is 0 Å². The molecule has 2 aromatic heterocycles. The van der Waals surface area contributed by atoms with Crippen molar-refractivity contribution in [1.82, 2.24) is 9.97 Å². The molecule has 11 rings (SSSR count). The molecular formula is C58H38N2O. The van der Waals surface area contributed by atoms with Gasteiger partial charge in [-0.1, -0.05) is 170 Å². The number of nitrogens with zero attached hydrogens (tertiary/aromatic N) is 2. The van der Waals surface area contributed by atoms with E-state index in [0.29, 0.717) is 11.4 Å². The second-order valence-electron chi connectivity index (χ2n) is 15.4. The molecule has 0 fully saturated rings. The third kappa shape index (κ3) is 7.09. The number of hydrogen-bond acceptors (Lipinski definition) is 3. The molecule has 0 spiro atoms. The van der Waals surface area contributed by atoms with Crippen molar-refractivity contribution in [3.05, 3.63) is 231 Å². The maximum atomic E-state index is 6.53. The van der Waals surface area contributed by atoms with Gasteiger partial charge in [0.2, 0.25) is 0 Å². The van der Waals surface area contributed by atoms with Crippen LogP contribution in [0.15, 0.2) is 235 Å². The minimum Gasteiger partial charge on any atom is -0.452 e. The summed E-state index contributed by atoms with van der Waals surface area (Å²) in [6.07, 6.45) is 0. The van der Waals surface area contributed by atoms with Gasteiger partial charge in [-0.05, 0) is 127 Å². The topological polar surface area (TPSA) is 38.9 Å². The van der Waals surface area contributed by atoms with E-state index in [-0.39, 0.29) is 0 Å². The summed E-state index contributed by atoms with van der Waals surface area (Å²) in [5.41, 5.74) is 18.7. The number of hydrogen-bond donors (Lipinski definition) is 0. The number of fused-ring (bicyclic) bond motifs is 3. The van der Waals surface area contributed by atoms with Gasteiger partial charge in [0, 0.05) is 16.5 Å². The first kappa shape index (κ1) is 36.0. The van der Waals surface area contributed by atoms with Crippen LogP contribution in [-0.4, -0.2) is 9.97 Å². The molecule has 11 aromatic rings. The van der Waals surface area contributed by atoms with Crippen molar-refractivity contribution in [2.24, 2.45) is 0 Å². The van der Waals surface area contributed by atoms with Crippen LogP contribution in [-0.2, 0) is 0 Å². The van der Waals surface area contributed by atoms with Crippen LogP contribution in [0.5, 0.6) is 0 Å². The standard InChI is InChI=1S/C58H38N2O/c1-5-17-39(18-6-1)43-25-15-27-45(31-43)55-57-56(53-29-13-14-30-54(53)61-57)60-58(59-55)46-28-16-26-44(32-46)50-34-49(42-23-11-4-12-24-42)37-52(38-50)51-35-47(40-19-7-2-8-20-40)33-48(36-51)41-21-9-3-10-22-41/h1-38H. The lowest BCUT2D eigenvalue weighted by Gasteiger charge is -2.15. The largest absolute Gasteiger partial charge is 0.452 e. The quantitative estimate of drug-likeness (QED) is 0.154. The van der Waals surface area contributed by atoms with Gasteiger partial charge in [0.1, 0.15) is 16.8 Å². The monoisotopic (exact) mass is 778 g/mol. The molecule has 3 heteroatoms. The molecule has 0 radical (unpaired) electrons. The Kier molecular flexibility index (Phi) is 9.18. The highest BCUT2D eigenvalue weighted by atomic mass is 16.3. The zero-order valence-electron chi connectivity index (χ0n) is 33.2. The summed E-state index contributed by atoms with van der Waals surface area (Å²) in [5.74, 6) is 0.642. The van der Waals surface area contributed by atoms with E-state index in [1.54, 1.807) is 0 Å². The molecule has 2 heterocycles. The van der Waals surface area contributed by atoms with Gasteiger partial charge in [0.25, 0.3) is 0 Å². The second-order valence-corrected chi connectivity index (χ2v) is 15.4. The van der Waals surface area contributed by atoms with E-state index in [1.165, 1.54) is 22.3 Å². The average molecular weight is 779 g/mol. The van der Waals surface area contributed by atoms with Crippen LogP contribution in [0.1, 0.15) is 0 Å². The molecule has 9 aromatic carbocycles. The highest BCUT2D eigenvalue weighted by Gasteiger charge is 2.19. The molecule has 61 heavy (non-hydrogen) atoms. The zero-order chi connectivity index (χ0) is 40.5. The minimum atomic E-state index is 0.642. The van der Waals surface area contributed by atoms with Crippen LogP contribution in [0.3, 0.4) is 0 Å². The normalized spacial score (nSPS) is 11.3. The molecule has 0 aliphatic carbocycles. The van der Waals surface area contributed by atoms with Crippen molar-refractivity contribution in [3.8, 4) is 89.4 Å². The lowest BCUT2D eigenvalue weighted by atomic mass is 9.89. The van der Waals surface area contributed by atoms with Crippen molar-refractivity contribution in [1.29, 1.82) is 0 Å². The van der Waals surface area contributed by atoms with E-state index in [4.69, 9.17) is 14.4 Å². The Labute approximate surface area is 354 Å². The molecule has 0 bridgehead atoms. The number of benzene rings is 9. The summed E-state index contributed by atoms with van der Waals surface area (Å²) in [5, 5.41) is 0.963. The molecule has 0 unspecified atom stereocenters. The van der Waals surface area contributed by atoms with E-state index < -0.39 is 0 Å². The van der Waals surface area contributed by atoms with Gasteiger partial charge in [0.05, 0.1) is 0 Å². The van der Waals surface area contributed by atoms with E-state index in [1.807, 2.05) is 24.3 Å². The predicted molar refractivity (Wildman–Crippen MR) is 253 cm³/mol. The number of aromatic nitrogens is 2. The first-order valence-electron chi connectivity index (χ1n) is 20.6. The second kappa shape index (κ2) is 15.6. The fraction of sp³-hybridized carbons (Fsp3) is 0. The Bertz CT molecular complexity index is 3280. The molecule has 0 amide bonds. The van der Waals surface area contributed by atoms with E-state index >= 15 is 0 Å². The summed E-state index contributed by atoms with van der Waals surface area (Å²) < 4.78 is 6.53. The van der Waals surface area contributed by atoms with Gasteiger partial charge in [-0.15, -0.1) is 0 Å². The fourth-order valence-electron chi connectivity index (χ4n) is 8.38. The lowest BCUT2D eigenvalue weighted by Crippen LogP contribution is -1.95. The van der Waals surface area contributed by atoms with Crippen molar-refractivity contribution >= 4 is 22.1 Å². The van der Waals surface area contributed by atoms with Crippen molar-refractivity contribution in [2.75, 3.05) is 0 Å². The average Bonchev–Trinajstić information content (AvgIpc) is 3.73. The summed E-state index contributed by atoms with van der Waals surface area (Å²) in [6.45, 7) is 0. The zero-order valence-corrected chi connectivity index (χ0v) is 33.2. The Morgan fingerprint density at radius 3 is 1.13 bits per heavy atom. The Balaban J connectivity index is 1.08. The molecule has 0 atom stereocenters. The van der Waals surface area contributed by atoms with E-state index in [9.17, 15) is 0 Å². The van der Waals surface area contributed by atoms with Gasteiger partial charge in [-0.3, -0.25) is 0 Å². The highest BCUT2D eigenvalue weighted by molar-refractivity contribution is 6.07. The Morgan fingerprint density at radius 2 is 0.607 bits per heavy atom. The molecule has 0 saturated carbocycles. The SMILES string of the molecule is c1ccc(-c2cc(-c3ccccc3)cc(-c3cc(-c4ccccc4)cc(-c4cccc(-c5nc(-c6cccc(-c7ccccc7)c6)c6oc7ccccc7c6n5)c4)c3)c2)cc1. The molecular weight excluding hydrogens is 741 g/mol. The van der Waals surface area contributed by atoms with Crippen LogP contribution in [0, 0.1) is 0 Å². The number of furan rings is 1. The third-order valence-corrected chi connectivity index (χ3v) is 11.4. The third-order valence-electron chi connectivity index (χ3n) is 11.4. The minimum absolute atomic E-state index is 0.642. The highest BCUT2D eigenvalue weighted by Crippen LogP contribution is 2.40. The maximum absolute atomic E-state index is 6.53. The van der Waals surface area contributed by atoms with Crippen LogP contribution in [0.2, 0.25) is 0 Å². The van der Waals surface area contributed by atoms with Crippen molar-refractivity contribution in [3.63, 3.8) is 0 Å². The molecule has 0 N–H and O–H groups in total. The Morgan fingerprint density at radius 1 is 0.262 bits per heavy atom. The first-order chi connectivity index (χ1) is 30.2. The van der Waals surface area contributed by atoms with Gasteiger partial charge >= 0.3 is 0 Å². The molecule has 3 nitrogen and oxygen atoms in total. The summed E-state index contributed by atoms with van der Waals surface area (Å²) in [4.78, 5) is 10.5. The van der Waals surface area contributed by atoms with E-state index in [0.717, 1.165) is 77.8 Å². The summed E-state index contributed by atoms with van der Waals surface area (Å²) in [6, 6.07) is 81.5. The molecule has 0 aliphatic rings. The van der Waals surface area contributed by atoms with E-state index in [2.05, 4.69) is 206 Å². The predicted octanol–water partition coefficient (Wildman–Crippen LogP) is 15.7. The first-order valence-corrected chi connectivity index (χ1v) is 20.6. The van der Waals surface area contributed by atoms with Gasteiger partial charge in [0.15, 0.2) is 11.4 Å². The van der Waals surface area contributed by atoms with Crippen LogP contribution in [0.25, 0.3) is 111 Å². The van der Waals surface area contributed by atoms with Gasteiger partial charge in [-0.25, -0.2) is 9.97 Å². The fourth-order valence-corrected chi connectivity index (χ4v) is 8.38.